The standard InChI is InChI=1S/C26H32N4O3/c1-4-27-26(28-15-14-20-12-13-23(32-2)24(17-20)33-3)29-18-21-8-10-22(11-9-21)19-30-16-6-5-7-25(30)31/h5-13,16-17H,4,14-15,18-19H2,1-3H3,(H2,27,28,29). The summed E-state index contributed by atoms with van der Waals surface area (Å²) in [5, 5.41) is 6.67. The third-order valence-corrected chi connectivity index (χ3v) is 5.19. The molecular weight excluding hydrogens is 416 g/mol. The smallest absolute Gasteiger partial charge is 0.250 e. The van der Waals surface area contributed by atoms with E-state index in [0.29, 0.717) is 13.1 Å². The summed E-state index contributed by atoms with van der Waals surface area (Å²) in [6.07, 6.45) is 2.63. The quantitative estimate of drug-likeness (QED) is 0.368. The summed E-state index contributed by atoms with van der Waals surface area (Å²) in [6, 6.07) is 19.3. The minimum atomic E-state index is 0.000571. The molecule has 0 spiro atoms. The molecule has 0 bridgehead atoms. The minimum Gasteiger partial charge on any atom is -0.493 e. The number of methoxy groups -OCH3 is 2. The fourth-order valence-electron chi connectivity index (χ4n) is 3.41. The van der Waals surface area contributed by atoms with E-state index in [4.69, 9.17) is 14.5 Å². The number of hydrogen-bond acceptors (Lipinski definition) is 4. The maximum atomic E-state index is 11.9. The molecule has 0 saturated heterocycles. The molecule has 0 radical (unpaired) electrons. The van der Waals surface area contributed by atoms with Gasteiger partial charge in [0.15, 0.2) is 17.5 Å². The van der Waals surface area contributed by atoms with Crippen molar-refractivity contribution in [1.29, 1.82) is 0 Å². The van der Waals surface area contributed by atoms with Crippen LogP contribution in [0, 0.1) is 0 Å². The Hall–Kier alpha value is -3.74. The number of aromatic nitrogens is 1. The van der Waals surface area contributed by atoms with Crippen molar-refractivity contribution in [2.24, 2.45) is 4.99 Å². The average molecular weight is 449 g/mol. The number of nitrogens with zero attached hydrogens (tertiary/aromatic N) is 2. The molecule has 1 aromatic heterocycles. The number of ether oxygens (including phenoxy) is 2. The lowest BCUT2D eigenvalue weighted by Gasteiger charge is -2.13. The second-order valence-electron chi connectivity index (χ2n) is 7.54. The summed E-state index contributed by atoms with van der Waals surface area (Å²) >= 11 is 0. The molecule has 33 heavy (non-hydrogen) atoms. The molecule has 0 amide bonds. The van der Waals surface area contributed by atoms with Gasteiger partial charge in [-0.1, -0.05) is 36.4 Å². The van der Waals surface area contributed by atoms with Crippen LogP contribution >= 0.6 is 0 Å². The first-order valence-electron chi connectivity index (χ1n) is 11.1. The highest BCUT2D eigenvalue weighted by Crippen LogP contribution is 2.27. The van der Waals surface area contributed by atoms with Gasteiger partial charge in [-0.05, 0) is 48.2 Å². The van der Waals surface area contributed by atoms with Gasteiger partial charge in [-0.2, -0.15) is 0 Å². The Morgan fingerprint density at radius 2 is 1.64 bits per heavy atom. The van der Waals surface area contributed by atoms with Crippen LogP contribution in [0.1, 0.15) is 23.6 Å². The van der Waals surface area contributed by atoms with Gasteiger partial charge in [0.1, 0.15) is 0 Å². The summed E-state index contributed by atoms with van der Waals surface area (Å²) in [4.78, 5) is 16.6. The van der Waals surface area contributed by atoms with Gasteiger partial charge in [-0.25, -0.2) is 4.99 Å². The van der Waals surface area contributed by atoms with Crippen LogP contribution in [0.25, 0.3) is 0 Å². The van der Waals surface area contributed by atoms with E-state index in [1.807, 2.05) is 43.3 Å². The number of hydrogen-bond donors (Lipinski definition) is 2. The number of guanidine groups is 1. The lowest BCUT2D eigenvalue weighted by atomic mass is 10.1. The van der Waals surface area contributed by atoms with Gasteiger partial charge in [0.2, 0.25) is 0 Å². The monoisotopic (exact) mass is 448 g/mol. The van der Waals surface area contributed by atoms with E-state index in [2.05, 4.69) is 22.8 Å². The topological polar surface area (TPSA) is 76.9 Å². The molecule has 0 aliphatic heterocycles. The van der Waals surface area contributed by atoms with Crippen molar-refractivity contribution in [2.75, 3.05) is 27.3 Å². The first kappa shape index (κ1) is 23.9. The Kier molecular flexibility index (Phi) is 8.94. The second kappa shape index (κ2) is 12.3. The molecule has 3 rings (SSSR count). The number of aliphatic imine (C=N–C) groups is 1. The van der Waals surface area contributed by atoms with Crippen LogP contribution in [-0.2, 0) is 19.5 Å². The molecule has 0 fully saturated rings. The van der Waals surface area contributed by atoms with E-state index in [-0.39, 0.29) is 5.56 Å². The van der Waals surface area contributed by atoms with Gasteiger partial charge in [-0.3, -0.25) is 4.79 Å². The van der Waals surface area contributed by atoms with Crippen LogP contribution in [0.3, 0.4) is 0 Å². The van der Waals surface area contributed by atoms with Crippen LogP contribution in [-0.4, -0.2) is 37.8 Å². The molecule has 0 unspecified atom stereocenters. The fraction of sp³-hybridized carbons (Fsp3) is 0.308. The van der Waals surface area contributed by atoms with Gasteiger partial charge >= 0.3 is 0 Å². The highest BCUT2D eigenvalue weighted by atomic mass is 16.5. The van der Waals surface area contributed by atoms with Gasteiger partial charge in [-0.15, -0.1) is 0 Å². The number of pyridine rings is 1. The Morgan fingerprint density at radius 3 is 2.33 bits per heavy atom. The molecule has 0 atom stereocenters. The third kappa shape index (κ3) is 7.14. The maximum Gasteiger partial charge on any atom is 0.250 e. The first-order chi connectivity index (χ1) is 16.1. The highest BCUT2D eigenvalue weighted by molar-refractivity contribution is 5.79. The Balaban J connectivity index is 1.55. The Bertz CT molecular complexity index is 1110. The summed E-state index contributed by atoms with van der Waals surface area (Å²) in [5.41, 5.74) is 3.34. The molecular formula is C26H32N4O3. The molecule has 0 aliphatic rings. The minimum absolute atomic E-state index is 0.000571. The van der Waals surface area contributed by atoms with Gasteiger partial charge in [0.05, 0.1) is 27.3 Å². The second-order valence-corrected chi connectivity index (χ2v) is 7.54. The van der Waals surface area contributed by atoms with Gasteiger partial charge < -0.3 is 24.7 Å². The molecule has 7 heteroatoms. The lowest BCUT2D eigenvalue weighted by Crippen LogP contribution is -2.38. The van der Waals surface area contributed by atoms with E-state index >= 15 is 0 Å². The van der Waals surface area contributed by atoms with Crippen molar-refractivity contribution in [1.82, 2.24) is 15.2 Å². The molecule has 0 saturated carbocycles. The van der Waals surface area contributed by atoms with Crippen LogP contribution < -0.4 is 25.7 Å². The van der Waals surface area contributed by atoms with Crippen molar-refractivity contribution in [3.63, 3.8) is 0 Å². The van der Waals surface area contributed by atoms with Crippen molar-refractivity contribution in [3.8, 4) is 11.5 Å². The highest BCUT2D eigenvalue weighted by Gasteiger charge is 2.05. The summed E-state index contributed by atoms with van der Waals surface area (Å²) in [5.74, 6) is 2.24. The average Bonchev–Trinajstić information content (AvgIpc) is 2.84. The van der Waals surface area contributed by atoms with Gasteiger partial charge in [0, 0.05) is 25.4 Å². The number of benzene rings is 2. The predicted octanol–water partition coefficient (Wildman–Crippen LogP) is 3.21. The SMILES string of the molecule is CCNC(=NCc1ccc(Cn2ccccc2=O)cc1)NCCc1ccc(OC)c(OC)c1. The largest absolute Gasteiger partial charge is 0.493 e. The van der Waals surface area contributed by atoms with Crippen molar-refractivity contribution >= 4 is 5.96 Å². The Labute approximate surface area is 195 Å². The van der Waals surface area contributed by atoms with E-state index < -0.39 is 0 Å². The maximum absolute atomic E-state index is 11.9. The number of nitrogens with one attached hydrogen (secondary N) is 2. The van der Waals surface area contributed by atoms with E-state index in [1.54, 1.807) is 37.1 Å². The van der Waals surface area contributed by atoms with Crippen LogP contribution in [0.5, 0.6) is 11.5 Å². The van der Waals surface area contributed by atoms with Crippen molar-refractivity contribution in [2.45, 2.75) is 26.4 Å². The summed E-state index contributed by atoms with van der Waals surface area (Å²) in [6.45, 7) is 4.70. The third-order valence-electron chi connectivity index (χ3n) is 5.19. The molecule has 2 N–H and O–H groups in total. The lowest BCUT2D eigenvalue weighted by molar-refractivity contribution is 0.354. The van der Waals surface area contributed by atoms with Crippen LogP contribution in [0.4, 0.5) is 0 Å². The van der Waals surface area contributed by atoms with Crippen LogP contribution in [0.2, 0.25) is 0 Å². The zero-order valence-electron chi connectivity index (χ0n) is 19.5. The molecule has 7 nitrogen and oxygen atoms in total. The van der Waals surface area contributed by atoms with Crippen LogP contribution in [0.15, 0.2) is 76.6 Å². The first-order valence-corrected chi connectivity index (χ1v) is 11.1. The molecule has 0 aliphatic carbocycles. The Morgan fingerprint density at radius 1 is 0.909 bits per heavy atom. The summed E-state index contributed by atoms with van der Waals surface area (Å²) in [7, 11) is 3.28. The predicted molar refractivity (Wildman–Crippen MR) is 132 cm³/mol. The van der Waals surface area contributed by atoms with Crippen molar-refractivity contribution < 1.29 is 9.47 Å². The molecule has 1 heterocycles. The normalized spacial score (nSPS) is 11.2. The molecule has 3 aromatic rings. The molecule has 174 valence electrons. The van der Waals surface area contributed by atoms with Gasteiger partial charge in [0.25, 0.3) is 5.56 Å². The van der Waals surface area contributed by atoms with E-state index in [1.165, 1.54) is 0 Å². The van der Waals surface area contributed by atoms with E-state index in [0.717, 1.165) is 53.7 Å². The van der Waals surface area contributed by atoms with E-state index in [9.17, 15) is 4.79 Å². The molecule has 2 aromatic carbocycles. The zero-order chi connectivity index (χ0) is 23.5. The fourth-order valence-corrected chi connectivity index (χ4v) is 3.41. The van der Waals surface area contributed by atoms with Crippen molar-refractivity contribution in [3.05, 3.63) is 93.9 Å². The zero-order valence-corrected chi connectivity index (χ0v) is 19.5. The summed E-state index contributed by atoms with van der Waals surface area (Å²) < 4.78 is 12.4. The number of rotatable bonds is 10.